The molecule has 0 unspecified atom stereocenters. The lowest BCUT2D eigenvalue weighted by Gasteiger charge is -2.12. The Kier molecular flexibility index (Phi) is 3.57. The first-order valence-corrected chi connectivity index (χ1v) is 5.63. The summed E-state index contributed by atoms with van der Waals surface area (Å²) in [6.45, 7) is 0.409. The lowest BCUT2D eigenvalue weighted by Crippen LogP contribution is -2.36. The standard InChI is InChI=1S/C12H14N4O2/c13-9-3-1-8(2-4-9)7-14-12(18)10-5-6-11(17)16-15-10/h1-4H,5-7,13H2,(H,14,18)(H,16,17). The molecule has 0 aliphatic carbocycles. The molecule has 0 radical (unpaired) electrons. The summed E-state index contributed by atoms with van der Waals surface area (Å²) in [5.74, 6) is -0.420. The van der Waals surface area contributed by atoms with E-state index in [1.165, 1.54) is 0 Å². The van der Waals surface area contributed by atoms with E-state index in [4.69, 9.17) is 5.73 Å². The molecule has 0 saturated heterocycles. The van der Waals surface area contributed by atoms with Crippen LogP contribution >= 0.6 is 0 Å². The maximum atomic E-state index is 11.7. The molecule has 1 heterocycles. The maximum absolute atomic E-state index is 11.7. The van der Waals surface area contributed by atoms with Gasteiger partial charge in [0, 0.05) is 25.1 Å². The van der Waals surface area contributed by atoms with Crippen molar-refractivity contribution in [1.82, 2.24) is 10.7 Å². The minimum Gasteiger partial charge on any atom is -0.399 e. The molecule has 1 aromatic carbocycles. The van der Waals surface area contributed by atoms with E-state index in [0.717, 1.165) is 5.56 Å². The number of rotatable bonds is 3. The zero-order valence-corrected chi connectivity index (χ0v) is 9.77. The Balaban J connectivity index is 1.88. The van der Waals surface area contributed by atoms with Gasteiger partial charge in [-0.25, -0.2) is 5.43 Å². The van der Waals surface area contributed by atoms with Crippen molar-refractivity contribution in [3.8, 4) is 0 Å². The van der Waals surface area contributed by atoms with E-state index in [2.05, 4.69) is 15.8 Å². The Labute approximate surface area is 104 Å². The summed E-state index contributed by atoms with van der Waals surface area (Å²) in [6.07, 6.45) is 0.674. The minimum absolute atomic E-state index is 0.162. The number of nitrogen functional groups attached to an aromatic ring is 1. The first-order valence-electron chi connectivity index (χ1n) is 5.63. The van der Waals surface area contributed by atoms with Gasteiger partial charge in [-0.05, 0) is 17.7 Å². The molecule has 6 nitrogen and oxygen atoms in total. The minimum atomic E-state index is -0.258. The first kappa shape index (κ1) is 12.1. The van der Waals surface area contributed by atoms with Crippen LogP contribution in [0.2, 0.25) is 0 Å². The summed E-state index contributed by atoms with van der Waals surface area (Å²) in [7, 11) is 0. The van der Waals surface area contributed by atoms with Crippen LogP contribution in [0, 0.1) is 0 Å². The summed E-state index contributed by atoms with van der Waals surface area (Å²) in [5, 5.41) is 6.46. The third kappa shape index (κ3) is 3.07. The van der Waals surface area contributed by atoms with E-state index >= 15 is 0 Å². The molecule has 0 spiro atoms. The van der Waals surface area contributed by atoms with E-state index in [1.54, 1.807) is 12.1 Å². The van der Waals surface area contributed by atoms with Crippen LogP contribution in [0.1, 0.15) is 18.4 Å². The molecule has 94 valence electrons. The number of hydrogen-bond donors (Lipinski definition) is 3. The Morgan fingerprint density at radius 2 is 2.06 bits per heavy atom. The summed E-state index contributed by atoms with van der Waals surface area (Å²) < 4.78 is 0. The Morgan fingerprint density at radius 3 is 2.67 bits per heavy atom. The Morgan fingerprint density at radius 1 is 1.33 bits per heavy atom. The molecule has 6 heteroatoms. The quantitative estimate of drug-likeness (QED) is 0.662. The first-order chi connectivity index (χ1) is 8.65. The fraction of sp³-hybridized carbons (Fsp3) is 0.250. The van der Waals surface area contributed by atoms with Crippen molar-refractivity contribution in [1.29, 1.82) is 0 Å². The SMILES string of the molecule is Nc1ccc(CNC(=O)C2=NNC(=O)CC2)cc1. The van der Waals surface area contributed by atoms with Crippen LogP contribution in [-0.4, -0.2) is 17.5 Å². The van der Waals surface area contributed by atoms with Gasteiger partial charge in [0.1, 0.15) is 5.71 Å². The Hall–Kier alpha value is -2.37. The molecule has 4 N–H and O–H groups in total. The van der Waals surface area contributed by atoms with Crippen LogP contribution in [-0.2, 0) is 16.1 Å². The molecular formula is C12H14N4O2. The van der Waals surface area contributed by atoms with Crippen LogP contribution in [0.3, 0.4) is 0 Å². The molecule has 0 atom stereocenters. The average molecular weight is 246 g/mol. The monoisotopic (exact) mass is 246 g/mol. The van der Waals surface area contributed by atoms with Gasteiger partial charge in [0.25, 0.3) is 5.91 Å². The van der Waals surface area contributed by atoms with Crippen molar-refractivity contribution in [3.05, 3.63) is 29.8 Å². The van der Waals surface area contributed by atoms with Crippen molar-refractivity contribution in [2.45, 2.75) is 19.4 Å². The third-order valence-corrected chi connectivity index (χ3v) is 2.60. The number of amides is 2. The van der Waals surface area contributed by atoms with Gasteiger partial charge in [-0.2, -0.15) is 5.10 Å². The fourth-order valence-electron chi connectivity index (χ4n) is 1.56. The molecule has 2 amide bonds. The van der Waals surface area contributed by atoms with Gasteiger partial charge in [0.05, 0.1) is 0 Å². The van der Waals surface area contributed by atoms with Gasteiger partial charge in [0.15, 0.2) is 0 Å². The lowest BCUT2D eigenvalue weighted by molar-refractivity contribution is -0.121. The molecule has 18 heavy (non-hydrogen) atoms. The number of nitrogens with one attached hydrogen (secondary N) is 2. The highest BCUT2D eigenvalue weighted by Gasteiger charge is 2.17. The molecular weight excluding hydrogens is 232 g/mol. The fourth-order valence-corrected chi connectivity index (χ4v) is 1.56. The predicted octanol–water partition coefficient (Wildman–Crippen LogP) is 0.151. The van der Waals surface area contributed by atoms with Gasteiger partial charge in [0.2, 0.25) is 5.91 Å². The van der Waals surface area contributed by atoms with Gasteiger partial charge >= 0.3 is 0 Å². The molecule has 1 aromatic rings. The maximum Gasteiger partial charge on any atom is 0.267 e. The van der Waals surface area contributed by atoms with E-state index in [9.17, 15) is 9.59 Å². The van der Waals surface area contributed by atoms with Crippen molar-refractivity contribution >= 4 is 23.2 Å². The zero-order chi connectivity index (χ0) is 13.0. The number of carbonyl (C=O) groups excluding carboxylic acids is 2. The topological polar surface area (TPSA) is 96.6 Å². The molecule has 0 aromatic heterocycles. The summed E-state index contributed by atoms with van der Waals surface area (Å²) >= 11 is 0. The number of carbonyl (C=O) groups is 2. The van der Waals surface area contributed by atoms with Crippen LogP contribution in [0.4, 0.5) is 5.69 Å². The van der Waals surface area contributed by atoms with E-state index < -0.39 is 0 Å². The predicted molar refractivity (Wildman–Crippen MR) is 67.5 cm³/mol. The second-order valence-electron chi connectivity index (χ2n) is 4.02. The largest absolute Gasteiger partial charge is 0.399 e. The lowest BCUT2D eigenvalue weighted by atomic mass is 10.1. The van der Waals surface area contributed by atoms with Crippen LogP contribution in [0.25, 0.3) is 0 Å². The number of nitrogens with zero attached hydrogens (tertiary/aromatic N) is 1. The Bertz CT molecular complexity index is 493. The van der Waals surface area contributed by atoms with Crippen molar-refractivity contribution in [2.75, 3.05) is 5.73 Å². The highest BCUT2D eigenvalue weighted by Crippen LogP contribution is 2.05. The number of hydrazone groups is 1. The van der Waals surface area contributed by atoms with Crippen molar-refractivity contribution in [3.63, 3.8) is 0 Å². The van der Waals surface area contributed by atoms with E-state index in [0.29, 0.717) is 30.8 Å². The highest BCUT2D eigenvalue weighted by atomic mass is 16.2. The zero-order valence-electron chi connectivity index (χ0n) is 9.77. The van der Waals surface area contributed by atoms with Gasteiger partial charge in [-0.1, -0.05) is 12.1 Å². The summed E-state index contributed by atoms with van der Waals surface area (Å²) in [5.41, 5.74) is 9.85. The number of nitrogens with two attached hydrogens (primary N) is 1. The molecule has 0 fully saturated rings. The second kappa shape index (κ2) is 5.31. The molecule has 1 aliphatic heterocycles. The summed E-state index contributed by atoms with van der Waals surface area (Å²) in [6, 6.07) is 7.25. The van der Waals surface area contributed by atoms with Crippen LogP contribution in [0.5, 0.6) is 0 Å². The van der Waals surface area contributed by atoms with Crippen molar-refractivity contribution in [2.24, 2.45) is 5.10 Å². The normalized spacial score (nSPS) is 14.7. The van der Waals surface area contributed by atoms with Crippen molar-refractivity contribution < 1.29 is 9.59 Å². The van der Waals surface area contributed by atoms with Gasteiger partial charge < -0.3 is 11.1 Å². The van der Waals surface area contributed by atoms with Crippen LogP contribution < -0.4 is 16.5 Å². The van der Waals surface area contributed by atoms with Gasteiger partial charge in [-0.15, -0.1) is 0 Å². The van der Waals surface area contributed by atoms with E-state index in [1.807, 2.05) is 12.1 Å². The summed E-state index contributed by atoms with van der Waals surface area (Å²) in [4.78, 5) is 22.6. The number of anilines is 1. The number of hydrogen-bond acceptors (Lipinski definition) is 4. The third-order valence-electron chi connectivity index (χ3n) is 2.60. The number of benzene rings is 1. The second-order valence-corrected chi connectivity index (χ2v) is 4.02. The van der Waals surface area contributed by atoms with E-state index in [-0.39, 0.29) is 11.8 Å². The van der Waals surface area contributed by atoms with Crippen LogP contribution in [0.15, 0.2) is 29.4 Å². The average Bonchev–Trinajstić information content (AvgIpc) is 2.38. The molecule has 1 aliphatic rings. The highest BCUT2D eigenvalue weighted by molar-refractivity contribution is 6.39. The van der Waals surface area contributed by atoms with Gasteiger partial charge in [-0.3, -0.25) is 9.59 Å². The molecule has 0 bridgehead atoms. The molecule has 0 saturated carbocycles. The molecule has 2 rings (SSSR count). The smallest absolute Gasteiger partial charge is 0.267 e.